The molecule has 1 aromatic carbocycles. The summed E-state index contributed by atoms with van der Waals surface area (Å²) in [5, 5.41) is 2.85. The number of hydrogen-bond donors (Lipinski definition) is 1. The number of rotatable bonds is 8. The van der Waals surface area contributed by atoms with Crippen LogP contribution in [0.25, 0.3) is 0 Å². The molecular formula is C18H24F2N2O3. The second-order valence-corrected chi connectivity index (χ2v) is 6.66. The minimum atomic E-state index is -2.84. The highest BCUT2D eigenvalue weighted by molar-refractivity contribution is 5.89. The van der Waals surface area contributed by atoms with Crippen molar-refractivity contribution in [1.82, 2.24) is 10.2 Å². The van der Waals surface area contributed by atoms with Gasteiger partial charge in [-0.3, -0.25) is 9.59 Å². The molecule has 0 aromatic heterocycles. The van der Waals surface area contributed by atoms with Gasteiger partial charge in [0.15, 0.2) is 0 Å². The highest BCUT2D eigenvalue weighted by Crippen LogP contribution is 2.19. The fourth-order valence-electron chi connectivity index (χ4n) is 2.88. The number of hydrogen-bond acceptors (Lipinski definition) is 3. The quantitative estimate of drug-likeness (QED) is 0.780. The van der Waals surface area contributed by atoms with Crippen LogP contribution in [0.15, 0.2) is 24.3 Å². The molecule has 0 radical (unpaired) electrons. The van der Waals surface area contributed by atoms with Crippen molar-refractivity contribution in [2.75, 3.05) is 19.6 Å². The van der Waals surface area contributed by atoms with Crippen molar-refractivity contribution >= 4 is 11.8 Å². The number of ether oxygens (including phenoxy) is 1. The summed E-state index contributed by atoms with van der Waals surface area (Å²) in [7, 11) is 0. The number of likely N-dealkylation sites (tertiary alicyclic amines) is 1. The Labute approximate surface area is 146 Å². The number of carbonyl (C=O) groups excluding carboxylic acids is 2. The molecule has 0 spiro atoms. The highest BCUT2D eigenvalue weighted by atomic mass is 19.3. The molecule has 1 aliphatic rings. The summed E-state index contributed by atoms with van der Waals surface area (Å²) in [6.45, 7) is 2.83. The third-order valence-corrected chi connectivity index (χ3v) is 4.03. The first-order valence-corrected chi connectivity index (χ1v) is 8.44. The normalized spacial score (nSPS) is 17.4. The van der Waals surface area contributed by atoms with Gasteiger partial charge in [-0.15, -0.1) is 0 Å². The summed E-state index contributed by atoms with van der Waals surface area (Å²) in [6.07, 6.45) is 0.843. The molecular weight excluding hydrogens is 330 g/mol. The van der Waals surface area contributed by atoms with E-state index < -0.39 is 6.61 Å². The van der Waals surface area contributed by atoms with Crippen LogP contribution in [0.3, 0.4) is 0 Å². The first-order chi connectivity index (χ1) is 11.8. The number of nitrogens with one attached hydrogen (secondary N) is 1. The van der Waals surface area contributed by atoms with Crippen molar-refractivity contribution in [2.24, 2.45) is 11.8 Å². The lowest BCUT2D eigenvalue weighted by atomic mass is 10.1. The third kappa shape index (κ3) is 5.99. The minimum Gasteiger partial charge on any atom is -0.435 e. The smallest absolute Gasteiger partial charge is 0.387 e. The second-order valence-electron chi connectivity index (χ2n) is 6.66. The lowest BCUT2D eigenvalue weighted by molar-refractivity contribution is -0.129. The number of benzene rings is 1. The first kappa shape index (κ1) is 19.1. The Morgan fingerprint density at radius 2 is 2.00 bits per heavy atom. The standard InChI is InChI=1S/C18H24F2N2O3/c1-12(2)10-22-11-14(9-16(22)23)17(24)21-8-7-13-3-5-15(6-4-13)25-18(19)20/h3-6,12,14,18H,7-11H2,1-2H3,(H,21,24)/t14-/m1/s1. The maximum atomic E-state index is 12.2. The third-order valence-electron chi connectivity index (χ3n) is 4.03. The molecule has 2 amide bonds. The fraction of sp³-hybridized carbons (Fsp3) is 0.556. The second kappa shape index (κ2) is 8.78. The van der Waals surface area contributed by atoms with Crippen molar-refractivity contribution in [1.29, 1.82) is 0 Å². The molecule has 0 bridgehead atoms. The van der Waals surface area contributed by atoms with Crippen LogP contribution < -0.4 is 10.1 Å². The van der Waals surface area contributed by atoms with E-state index in [1.54, 1.807) is 17.0 Å². The molecule has 1 atom stereocenters. The maximum absolute atomic E-state index is 12.2. The lowest BCUT2D eigenvalue weighted by Gasteiger charge is -2.18. The predicted molar refractivity (Wildman–Crippen MR) is 89.3 cm³/mol. The number of alkyl halides is 2. The van der Waals surface area contributed by atoms with E-state index in [2.05, 4.69) is 10.1 Å². The Hall–Kier alpha value is -2.18. The summed E-state index contributed by atoms with van der Waals surface area (Å²) in [4.78, 5) is 25.9. The summed E-state index contributed by atoms with van der Waals surface area (Å²) in [6, 6.07) is 6.33. The van der Waals surface area contributed by atoms with Gasteiger partial charge in [-0.1, -0.05) is 26.0 Å². The van der Waals surface area contributed by atoms with Crippen LogP contribution in [0.5, 0.6) is 5.75 Å². The average Bonchev–Trinajstić information content (AvgIpc) is 2.89. The van der Waals surface area contributed by atoms with E-state index in [4.69, 9.17) is 0 Å². The van der Waals surface area contributed by atoms with Gasteiger partial charge in [0, 0.05) is 26.1 Å². The SMILES string of the molecule is CC(C)CN1C[C@H](C(=O)NCCc2ccc(OC(F)F)cc2)CC1=O. The molecule has 7 heteroatoms. The van der Waals surface area contributed by atoms with Crippen LogP contribution in [0.1, 0.15) is 25.8 Å². The first-order valence-electron chi connectivity index (χ1n) is 8.44. The molecule has 25 heavy (non-hydrogen) atoms. The molecule has 1 fully saturated rings. The van der Waals surface area contributed by atoms with Gasteiger partial charge in [-0.25, -0.2) is 0 Å². The summed E-state index contributed by atoms with van der Waals surface area (Å²) in [5.41, 5.74) is 0.908. The molecule has 1 saturated heterocycles. The summed E-state index contributed by atoms with van der Waals surface area (Å²) in [5.74, 6) is 0.106. The van der Waals surface area contributed by atoms with Crippen LogP contribution in [-0.4, -0.2) is 43.0 Å². The lowest BCUT2D eigenvalue weighted by Crippen LogP contribution is -2.35. The van der Waals surface area contributed by atoms with E-state index in [1.165, 1.54) is 12.1 Å². The van der Waals surface area contributed by atoms with Gasteiger partial charge in [-0.2, -0.15) is 8.78 Å². The van der Waals surface area contributed by atoms with Crippen LogP contribution in [0.2, 0.25) is 0 Å². The molecule has 5 nitrogen and oxygen atoms in total. The van der Waals surface area contributed by atoms with Gasteiger partial charge >= 0.3 is 6.61 Å². The Morgan fingerprint density at radius 1 is 1.32 bits per heavy atom. The fourth-order valence-corrected chi connectivity index (χ4v) is 2.88. The Kier molecular flexibility index (Phi) is 6.73. The van der Waals surface area contributed by atoms with Crippen molar-refractivity contribution in [3.63, 3.8) is 0 Å². The monoisotopic (exact) mass is 354 g/mol. The van der Waals surface area contributed by atoms with Gasteiger partial charge in [0.25, 0.3) is 0 Å². The summed E-state index contributed by atoms with van der Waals surface area (Å²) < 4.78 is 28.5. The molecule has 0 saturated carbocycles. The van der Waals surface area contributed by atoms with Crippen molar-refractivity contribution in [3.05, 3.63) is 29.8 Å². The van der Waals surface area contributed by atoms with Gasteiger partial charge in [0.2, 0.25) is 11.8 Å². The zero-order valence-electron chi connectivity index (χ0n) is 14.5. The number of carbonyl (C=O) groups is 2. The zero-order valence-corrected chi connectivity index (χ0v) is 14.5. The van der Waals surface area contributed by atoms with Crippen molar-refractivity contribution in [2.45, 2.75) is 33.3 Å². The van der Waals surface area contributed by atoms with Crippen LogP contribution in [0.4, 0.5) is 8.78 Å². The van der Waals surface area contributed by atoms with Crippen LogP contribution in [0, 0.1) is 11.8 Å². The zero-order chi connectivity index (χ0) is 18.4. The Bertz CT molecular complexity index is 590. The number of nitrogens with zero attached hydrogens (tertiary/aromatic N) is 1. The largest absolute Gasteiger partial charge is 0.435 e. The van der Waals surface area contributed by atoms with Crippen molar-refractivity contribution in [3.8, 4) is 5.75 Å². The molecule has 1 aliphatic heterocycles. The minimum absolute atomic E-state index is 0.0310. The van der Waals surface area contributed by atoms with E-state index in [1.807, 2.05) is 13.8 Å². The molecule has 2 rings (SSSR count). The predicted octanol–water partition coefficient (Wildman–Crippen LogP) is 2.45. The molecule has 1 heterocycles. The molecule has 0 aliphatic carbocycles. The summed E-state index contributed by atoms with van der Waals surface area (Å²) >= 11 is 0. The van der Waals surface area contributed by atoms with E-state index in [9.17, 15) is 18.4 Å². The average molecular weight is 354 g/mol. The van der Waals surface area contributed by atoms with Crippen LogP contribution >= 0.6 is 0 Å². The van der Waals surface area contributed by atoms with E-state index in [-0.39, 0.29) is 29.9 Å². The van der Waals surface area contributed by atoms with Gasteiger partial charge < -0.3 is 15.0 Å². The van der Waals surface area contributed by atoms with E-state index >= 15 is 0 Å². The van der Waals surface area contributed by atoms with Gasteiger partial charge in [-0.05, 0) is 30.0 Å². The number of amides is 2. The van der Waals surface area contributed by atoms with Gasteiger partial charge in [0.05, 0.1) is 5.92 Å². The number of halogens is 2. The topological polar surface area (TPSA) is 58.6 Å². The van der Waals surface area contributed by atoms with Crippen LogP contribution in [-0.2, 0) is 16.0 Å². The molecule has 1 N–H and O–H groups in total. The maximum Gasteiger partial charge on any atom is 0.387 e. The molecule has 138 valence electrons. The molecule has 1 aromatic rings. The van der Waals surface area contributed by atoms with Gasteiger partial charge in [0.1, 0.15) is 5.75 Å². The highest BCUT2D eigenvalue weighted by Gasteiger charge is 2.34. The molecule has 0 unspecified atom stereocenters. The van der Waals surface area contributed by atoms with E-state index in [0.29, 0.717) is 32.0 Å². The van der Waals surface area contributed by atoms with E-state index in [0.717, 1.165) is 5.56 Å². The Balaban J connectivity index is 1.74. The van der Waals surface area contributed by atoms with Crippen molar-refractivity contribution < 1.29 is 23.1 Å². The Morgan fingerprint density at radius 3 is 2.60 bits per heavy atom.